The Morgan fingerprint density at radius 1 is 1.32 bits per heavy atom. The van der Waals surface area contributed by atoms with Crippen LogP contribution in [0.15, 0.2) is 28.8 Å². The molecule has 0 radical (unpaired) electrons. The Morgan fingerprint density at radius 3 is 2.77 bits per heavy atom. The van der Waals surface area contributed by atoms with E-state index in [0.29, 0.717) is 19.0 Å². The van der Waals surface area contributed by atoms with Gasteiger partial charge < -0.3 is 9.26 Å². The molecule has 0 unspecified atom stereocenters. The Kier molecular flexibility index (Phi) is 4.49. The largest absolute Gasteiger partial charge is 0.371 e. The number of aromatic nitrogens is 2. The molecule has 1 aromatic heterocycles. The van der Waals surface area contributed by atoms with Crippen LogP contribution in [0.4, 0.5) is 4.39 Å². The number of benzene rings is 1. The minimum atomic E-state index is -0.233. The van der Waals surface area contributed by atoms with Gasteiger partial charge in [-0.05, 0) is 17.7 Å². The Hall–Kier alpha value is -1.79. The lowest BCUT2D eigenvalue weighted by molar-refractivity contribution is -0.0356. The lowest BCUT2D eigenvalue weighted by atomic mass is 10.1. The molecule has 0 aliphatic carbocycles. The van der Waals surface area contributed by atoms with Crippen LogP contribution in [0.25, 0.3) is 0 Å². The molecule has 0 amide bonds. The van der Waals surface area contributed by atoms with E-state index in [4.69, 9.17) is 9.26 Å². The number of nitrogens with zero attached hydrogens (tertiary/aromatic N) is 3. The molecule has 5 nitrogen and oxygen atoms in total. The molecule has 1 aromatic carbocycles. The molecule has 1 atom stereocenters. The second kappa shape index (κ2) is 6.54. The zero-order valence-electron chi connectivity index (χ0n) is 12.8. The van der Waals surface area contributed by atoms with Gasteiger partial charge in [-0.25, -0.2) is 4.39 Å². The predicted octanol–water partition coefficient (Wildman–Crippen LogP) is 2.91. The number of ether oxygens (including phenoxy) is 1. The van der Waals surface area contributed by atoms with E-state index in [2.05, 4.69) is 15.0 Å². The summed E-state index contributed by atoms with van der Waals surface area (Å²) in [5.41, 5.74) is 0.986. The van der Waals surface area contributed by atoms with Crippen molar-refractivity contribution in [1.29, 1.82) is 0 Å². The molecule has 1 aliphatic rings. The van der Waals surface area contributed by atoms with Crippen molar-refractivity contribution in [2.24, 2.45) is 0 Å². The molecular weight excluding hydrogens is 285 g/mol. The highest BCUT2D eigenvalue weighted by Gasteiger charge is 2.23. The lowest BCUT2D eigenvalue weighted by Crippen LogP contribution is -2.37. The van der Waals surface area contributed by atoms with Crippen LogP contribution in [-0.4, -0.2) is 34.7 Å². The summed E-state index contributed by atoms with van der Waals surface area (Å²) in [5.74, 6) is 1.39. The third kappa shape index (κ3) is 3.51. The quantitative estimate of drug-likeness (QED) is 0.869. The summed E-state index contributed by atoms with van der Waals surface area (Å²) in [4.78, 5) is 6.62. The first-order chi connectivity index (χ1) is 10.6. The van der Waals surface area contributed by atoms with E-state index in [-0.39, 0.29) is 17.8 Å². The first kappa shape index (κ1) is 15.1. The fourth-order valence-electron chi connectivity index (χ4n) is 2.48. The van der Waals surface area contributed by atoms with Gasteiger partial charge in [-0.15, -0.1) is 0 Å². The molecular formula is C16H20FN3O2. The van der Waals surface area contributed by atoms with E-state index >= 15 is 0 Å². The second-order valence-corrected chi connectivity index (χ2v) is 5.85. The molecule has 0 saturated carbocycles. The summed E-state index contributed by atoms with van der Waals surface area (Å²) in [6, 6.07) is 6.47. The summed E-state index contributed by atoms with van der Waals surface area (Å²) in [7, 11) is 0. The van der Waals surface area contributed by atoms with Crippen molar-refractivity contribution in [1.82, 2.24) is 15.0 Å². The zero-order valence-corrected chi connectivity index (χ0v) is 12.8. The summed E-state index contributed by atoms with van der Waals surface area (Å²) in [6.07, 6.45) is -0.0539. The van der Waals surface area contributed by atoms with Crippen LogP contribution in [0.3, 0.4) is 0 Å². The summed E-state index contributed by atoms with van der Waals surface area (Å²) in [6.45, 7) is 6.86. The van der Waals surface area contributed by atoms with Gasteiger partial charge in [-0.3, -0.25) is 4.90 Å². The van der Waals surface area contributed by atoms with Gasteiger partial charge >= 0.3 is 0 Å². The van der Waals surface area contributed by atoms with Crippen molar-refractivity contribution in [2.75, 3.05) is 19.7 Å². The number of rotatable bonds is 4. The van der Waals surface area contributed by atoms with Gasteiger partial charge in [0.1, 0.15) is 5.82 Å². The minimum absolute atomic E-state index is 0.0539. The highest BCUT2D eigenvalue weighted by atomic mass is 19.1. The van der Waals surface area contributed by atoms with Gasteiger partial charge in [0.25, 0.3) is 0 Å². The van der Waals surface area contributed by atoms with Gasteiger partial charge in [0.05, 0.1) is 19.3 Å². The van der Waals surface area contributed by atoms with Crippen LogP contribution < -0.4 is 0 Å². The van der Waals surface area contributed by atoms with Crippen molar-refractivity contribution in [2.45, 2.75) is 32.4 Å². The fourth-order valence-corrected chi connectivity index (χ4v) is 2.48. The third-order valence-corrected chi connectivity index (χ3v) is 3.75. The Bertz CT molecular complexity index is 612. The van der Waals surface area contributed by atoms with E-state index < -0.39 is 0 Å². The average molecular weight is 305 g/mol. The van der Waals surface area contributed by atoms with Crippen LogP contribution in [0.2, 0.25) is 0 Å². The van der Waals surface area contributed by atoms with Crippen LogP contribution in [-0.2, 0) is 11.3 Å². The molecule has 2 aromatic rings. The topological polar surface area (TPSA) is 51.4 Å². The molecule has 1 fully saturated rings. The molecule has 22 heavy (non-hydrogen) atoms. The zero-order chi connectivity index (χ0) is 15.5. The van der Waals surface area contributed by atoms with Crippen molar-refractivity contribution < 1.29 is 13.7 Å². The molecule has 6 heteroatoms. The lowest BCUT2D eigenvalue weighted by Gasteiger charge is -2.32. The highest BCUT2D eigenvalue weighted by Crippen LogP contribution is 2.23. The Labute approximate surface area is 129 Å². The SMILES string of the molecule is CC(C)c1noc(CN2CCO[C@H](c3ccc(F)cc3)C2)n1. The number of hydrogen-bond donors (Lipinski definition) is 0. The van der Waals surface area contributed by atoms with Gasteiger partial charge in [-0.2, -0.15) is 4.98 Å². The predicted molar refractivity (Wildman–Crippen MR) is 78.8 cm³/mol. The van der Waals surface area contributed by atoms with Crippen LogP contribution in [0.5, 0.6) is 0 Å². The maximum Gasteiger partial charge on any atom is 0.240 e. The molecule has 0 spiro atoms. The van der Waals surface area contributed by atoms with Crippen molar-refractivity contribution in [3.8, 4) is 0 Å². The molecule has 118 valence electrons. The molecule has 1 aliphatic heterocycles. The van der Waals surface area contributed by atoms with Crippen molar-refractivity contribution in [3.05, 3.63) is 47.4 Å². The molecule has 2 heterocycles. The van der Waals surface area contributed by atoms with Crippen molar-refractivity contribution >= 4 is 0 Å². The van der Waals surface area contributed by atoms with Crippen LogP contribution in [0, 0.1) is 5.82 Å². The maximum atomic E-state index is 13.0. The Morgan fingerprint density at radius 2 is 2.09 bits per heavy atom. The maximum absolute atomic E-state index is 13.0. The Balaban J connectivity index is 1.63. The number of morpholine rings is 1. The summed E-state index contributed by atoms with van der Waals surface area (Å²) < 4.78 is 24.1. The smallest absolute Gasteiger partial charge is 0.240 e. The second-order valence-electron chi connectivity index (χ2n) is 5.85. The highest BCUT2D eigenvalue weighted by molar-refractivity contribution is 5.19. The van der Waals surface area contributed by atoms with Gasteiger partial charge in [0, 0.05) is 19.0 Å². The van der Waals surface area contributed by atoms with E-state index in [9.17, 15) is 4.39 Å². The van der Waals surface area contributed by atoms with Gasteiger partial charge in [0.2, 0.25) is 5.89 Å². The normalized spacial score (nSPS) is 19.7. The van der Waals surface area contributed by atoms with Crippen LogP contribution in [0.1, 0.15) is 43.1 Å². The van der Waals surface area contributed by atoms with Crippen LogP contribution >= 0.6 is 0 Å². The monoisotopic (exact) mass is 305 g/mol. The average Bonchev–Trinajstić information content (AvgIpc) is 2.97. The van der Waals surface area contributed by atoms with Gasteiger partial charge in [-0.1, -0.05) is 31.1 Å². The summed E-state index contributed by atoms with van der Waals surface area (Å²) >= 11 is 0. The van der Waals surface area contributed by atoms with E-state index in [1.807, 2.05) is 13.8 Å². The molecule has 1 saturated heterocycles. The standard InChI is InChI=1S/C16H20FN3O2/c1-11(2)16-18-15(22-19-16)10-20-7-8-21-14(9-20)12-3-5-13(17)6-4-12/h3-6,11,14H,7-10H2,1-2H3/t14-/m0/s1. The van der Waals surface area contributed by atoms with E-state index in [0.717, 1.165) is 24.5 Å². The van der Waals surface area contributed by atoms with E-state index in [1.165, 1.54) is 12.1 Å². The van der Waals surface area contributed by atoms with Gasteiger partial charge in [0.15, 0.2) is 5.82 Å². The molecule has 0 bridgehead atoms. The third-order valence-electron chi connectivity index (χ3n) is 3.75. The minimum Gasteiger partial charge on any atom is -0.371 e. The summed E-state index contributed by atoms with van der Waals surface area (Å²) in [5, 5.41) is 3.98. The first-order valence-electron chi connectivity index (χ1n) is 7.53. The first-order valence-corrected chi connectivity index (χ1v) is 7.53. The molecule has 0 N–H and O–H groups in total. The molecule has 3 rings (SSSR count). The van der Waals surface area contributed by atoms with E-state index in [1.54, 1.807) is 12.1 Å². The number of hydrogen-bond acceptors (Lipinski definition) is 5. The van der Waals surface area contributed by atoms with Crippen molar-refractivity contribution in [3.63, 3.8) is 0 Å². The fraction of sp³-hybridized carbons (Fsp3) is 0.500. The number of halogens is 1.